The summed E-state index contributed by atoms with van der Waals surface area (Å²) in [6, 6.07) is 9.09. The van der Waals surface area contributed by atoms with E-state index in [-0.39, 0.29) is 23.7 Å². The number of nitrogens with zero attached hydrogens (tertiary/aromatic N) is 4. The van der Waals surface area contributed by atoms with Gasteiger partial charge in [0.05, 0.1) is 23.5 Å². The molecule has 0 amide bonds. The van der Waals surface area contributed by atoms with Crippen LogP contribution < -0.4 is 5.56 Å². The van der Waals surface area contributed by atoms with E-state index < -0.39 is 11.7 Å². The molecule has 1 saturated heterocycles. The van der Waals surface area contributed by atoms with Crippen molar-refractivity contribution in [3.63, 3.8) is 0 Å². The molecule has 170 valence electrons. The minimum atomic E-state index is -4.47. The van der Waals surface area contributed by atoms with Gasteiger partial charge in [-0.1, -0.05) is 24.3 Å². The van der Waals surface area contributed by atoms with Crippen molar-refractivity contribution in [2.24, 2.45) is 0 Å². The molecule has 4 aromatic rings. The summed E-state index contributed by atoms with van der Waals surface area (Å²) < 4.78 is 46.8. The van der Waals surface area contributed by atoms with Crippen LogP contribution in [-0.4, -0.2) is 37.9 Å². The Bertz CT molecular complexity index is 1360. The summed E-state index contributed by atoms with van der Waals surface area (Å²) in [5.41, 5.74) is 0.873. The summed E-state index contributed by atoms with van der Waals surface area (Å²) in [5.74, 6) is 0.403. The Kier molecular flexibility index (Phi) is 5.45. The van der Waals surface area contributed by atoms with Crippen molar-refractivity contribution < 1.29 is 17.9 Å². The number of aromatic amines is 1. The van der Waals surface area contributed by atoms with E-state index in [0.717, 1.165) is 31.2 Å². The Morgan fingerprint density at radius 2 is 1.94 bits per heavy atom. The first kappa shape index (κ1) is 21.3. The van der Waals surface area contributed by atoms with Gasteiger partial charge in [0.25, 0.3) is 5.56 Å². The van der Waals surface area contributed by atoms with Gasteiger partial charge in [-0.15, -0.1) is 0 Å². The Balaban J connectivity index is 1.53. The molecular weight excluding hydrogens is 435 g/mol. The van der Waals surface area contributed by atoms with E-state index in [1.165, 1.54) is 6.20 Å². The Labute approximate surface area is 186 Å². The number of aromatic nitrogens is 5. The van der Waals surface area contributed by atoms with Gasteiger partial charge < -0.3 is 9.72 Å². The van der Waals surface area contributed by atoms with Crippen LogP contribution in [0.2, 0.25) is 0 Å². The lowest BCUT2D eigenvalue weighted by molar-refractivity contribution is -0.137. The van der Waals surface area contributed by atoms with Crippen LogP contribution in [0.25, 0.3) is 22.3 Å². The minimum Gasteiger partial charge on any atom is -0.381 e. The number of fused-ring (bicyclic) bond motifs is 1. The molecule has 1 aromatic carbocycles. The van der Waals surface area contributed by atoms with Crippen molar-refractivity contribution in [3.05, 3.63) is 76.1 Å². The number of hydrogen-bond donors (Lipinski definition) is 1. The van der Waals surface area contributed by atoms with Gasteiger partial charge in [0.15, 0.2) is 5.65 Å². The maximum absolute atomic E-state index is 13.2. The molecule has 10 heteroatoms. The van der Waals surface area contributed by atoms with Crippen LogP contribution in [0.5, 0.6) is 0 Å². The summed E-state index contributed by atoms with van der Waals surface area (Å²) in [5, 5.41) is 4.79. The maximum atomic E-state index is 13.2. The molecule has 1 N–H and O–H groups in total. The van der Waals surface area contributed by atoms with Gasteiger partial charge in [-0.05, 0) is 30.5 Å². The predicted octanol–water partition coefficient (Wildman–Crippen LogP) is 4.14. The monoisotopic (exact) mass is 455 g/mol. The van der Waals surface area contributed by atoms with E-state index in [1.54, 1.807) is 28.9 Å². The first-order chi connectivity index (χ1) is 15.9. The fraction of sp³-hybridized carbons (Fsp3) is 0.304. The molecule has 0 saturated carbocycles. The van der Waals surface area contributed by atoms with Crippen molar-refractivity contribution in [2.75, 3.05) is 13.2 Å². The molecule has 4 heterocycles. The molecule has 1 aliphatic heterocycles. The minimum absolute atomic E-state index is 0.0972. The number of benzene rings is 1. The summed E-state index contributed by atoms with van der Waals surface area (Å²) >= 11 is 0. The van der Waals surface area contributed by atoms with E-state index >= 15 is 0 Å². The number of pyridine rings is 1. The van der Waals surface area contributed by atoms with Crippen molar-refractivity contribution in [1.82, 2.24) is 24.7 Å². The molecule has 0 spiro atoms. The van der Waals surface area contributed by atoms with Crippen LogP contribution in [0.15, 0.2) is 53.6 Å². The summed E-state index contributed by atoms with van der Waals surface area (Å²) in [6.45, 7) is 1.25. The summed E-state index contributed by atoms with van der Waals surface area (Å²) in [4.78, 5) is 24.3. The molecule has 0 aliphatic carbocycles. The van der Waals surface area contributed by atoms with Gasteiger partial charge in [0, 0.05) is 31.4 Å². The molecule has 5 rings (SSSR count). The second kappa shape index (κ2) is 8.43. The van der Waals surface area contributed by atoms with Crippen molar-refractivity contribution in [2.45, 2.75) is 31.5 Å². The first-order valence-corrected chi connectivity index (χ1v) is 10.6. The van der Waals surface area contributed by atoms with E-state index in [4.69, 9.17) is 4.74 Å². The van der Waals surface area contributed by atoms with Crippen molar-refractivity contribution in [3.8, 4) is 11.3 Å². The normalized spacial score (nSPS) is 15.2. The lowest BCUT2D eigenvalue weighted by Crippen LogP contribution is -2.21. The zero-order chi connectivity index (χ0) is 23.0. The van der Waals surface area contributed by atoms with Crippen LogP contribution >= 0.6 is 0 Å². The number of ether oxygens (including phenoxy) is 1. The fourth-order valence-corrected chi connectivity index (χ4v) is 4.12. The molecule has 1 fully saturated rings. The Morgan fingerprint density at radius 3 is 2.73 bits per heavy atom. The average molecular weight is 455 g/mol. The van der Waals surface area contributed by atoms with Crippen molar-refractivity contribution in [1.29, 1.82) is 0 Å². The molecule has 3 aromatic heterocycles. The van der Waals surface area contributed by atoms with Crippen LogP contribution in [-0.2, 0) is 17.3 Å². The second-order valence-corrected chi connectivity index (χ2v) is 7.94. The third-order valence-electron chi connectivity index (χ3n) is 5.79. The SMILES string of the molecule is O=c1[nH]c(Cc2ccccc2-c2cc(C(F)(F)F)ccn2)nc2c1cnn2C1CCOCC1. The maximum Gasteiger partial charge on any atom is 0.416 e. The number of halogens is 3. The number of H-pyrrole nitrogens is 1. The largest absolute Gasteiger partial charge is 0.416 e. The number of hydrogen-bond acceptors (Lipinski definition) is 5. The highest BCUT2D eigenvalue weighted by atomic mass is 19.4. The zero-order valence-electron chi connectivity index (χ0n) is 17.5. The van der Waals surface area contributed by atoms with Gasteiger partial charge in [-0.3, -0.25) is 9.78 Å². The van der Waals surface area contributed by atoms with Crippen LogP contribution in [0.1, 0.15) is 35.8 Å². The van der Waals surface area contributed by atoms with Crippen LogP contribution in [0, 0.1) is 0 Å². The number of alkyl halides is 3. The fourth-order valence-electron chi connectivity index (χ4n) is 4.12. The predicted molar refractivity (Wildman–Crippen MR) is 115 cm³/mol. The highest BCUT2D eigenvalue weighted by Gasteiger charge is 2.31. The molecule has 0 atom stereocenters. The third-order valence-corrected chi connectivity index (χ3v) is 5.79. The standard InChI is InChI=1S/C23H20F3N5O2/c24-23(25,26)15-5-8-27-19(12-15)17-4-2-1-3-14(17)11-20-29-21-18(22(32)30-20)13-28-31(21)16-6-9-33-10-7-16/h1-5,8,12-13,16H,6-7,9-11H2,(H,29,30,32). The molecule has 1 aliphatic rings. The lowest BCUT2D eigenvalue weighted by atomic mass is 10.00. The summed E-state index contributed by atoms with van der Waals surface area (Å²) in [6.07, 6.45) is -0.0188. The first-order valence-electron chi connectivity index (χ1n) is 10.6. The molecule has 7 nitrogen and oxygen atoms in total. The number of nitrogens with one attached hydrogen (secondary N) is 1. The van der Waals surface area contributed by atoms with Gasteiger partial charge in [-0.25, -0.2) is 9.67 Å². The quantitative estimate of drug-likeness (QED) is 0.500. The van der Waals surface area contributed by atoms with Gasteiger partial charge in [0.2, 0.25) is 0 Å². The highest BCUT2D eigenvalue weighted by molar-refractivity contribution is 5.73. The van der Waals surface area contributed by atoms with Crippen LogP contribution in [0.4, 0.5) is 13.2 Å². The molecule has 0 bridgehead atoms. The number of rotatable bonds is 4. The highest BCUT2D eigenvalue weighted by Crippen LogP contribution is 2.32. The molecular formula is C23H20F3N5O2. The second-order valence-electron chi connectivity index (χ2n) is 7.94. The Morgan fingerprint density at radius 1 is 1.15 bits per heavy atom. The summed E-state index contributed by atoms with van der Waals surface area (Å²) in [7, 11) is 0. The van der Waals surface area contributed by atoms with E-state index in [1.807, 2.05) is 0 Å². The average Bonchev–Trinajstić information content (AvgIpc) is 3.24. The van der Waals surface area contributed by atoms with Crippen molar-refractivity contribution >= 4 is 11.0 Å². The zero-order valence-corrected chi connectivity index (χ0v) is 17.5. The lowest BCUT2D eigenvalue weighted by Gasteiger charge is -2.22. The van der Waals surface area contributed by atoms with E-state index in [9.17, 15) is 18.0 Å². The molecule has 0 unspecified atom stereocenters. The third kappa shape index (κ3) is 4.25. The van der Waals surface area contributed by atoms with Gasteiger partial charge >= 0.3 is 6.18 Å². The Hall–Kier alpha value is -3.53. The van der Waals surface area contributed by atoms with Gasteiger partial charge in [-0.2, -0.15) is 18.3 Å². The molecule has 33 heavy (non-hydrogen) atoms. The van der Waals surface area contributed by atoms with Crippen LogP contribution in [0.3, 0.4) is 0 Å². The van der Waals surface area contributed by atoms with E-state index in [2.05, 4.69) is 20.1 Å². The molecule has 0 radical (unpaired) electrons. The van der Waals surface area contributed by atoms with E-state index in [0.29, 0.717) is 41.2 Å². The van der Waals surface area contributed by atoms with Gasteiger partial charge in [0.1, 0.15) is 11.2 Å². The topological polar surface area (TPSA) is 85.7 Å². The smallest absolute Gasteiger partial charge is 0.381 e.